The topological polar surface area (TPSA) is 52.0 Å². The molecule has 1 aromatic rings. The quantitative estimate of drug-likeness (QED) is 0.822. The fourth-order valence-electron chi connectivity index (χ4n) is 2.75. The van der Waals surface area contributed by atoms with Gasteiger partial charge in [0.15, 0.2) is 0 Å². The lowest BCUT2D eigenvalue weighted by molar-refractivity contribution is 0.00852. The molecule has 0 radical (unpaired) electrons. The minimum absolute atomic E-state index is 0.326. The average Bonchev–Trinajstić information content (AvgIpc) is 2.90. The Bertz CT molecular complexity index is 360. The lowest BCUT2D eigenvalue weighted by Gasteiger charge is -2.25. The van der Waals surface area contributed by atoms with Crippen molar-refractivity contribution in [2.45, 2.75) is 64.1 Å². The number of nitrogens with one attached hydrogen (secondary N) is 1. The summed E-state index contributed by atoms with van der Waals surface area (Å²) in [4.78, 5) is 0. The van der Waals surface area contributed by atoms with Gasteiger partial charge in [-0.3, -0.25) is 0 Å². The van der Waals surface area contributed by atoms with Gasteiger partial charge in [0.2, 0.25) is 0 Å². The van der Waals surface area contributed by atoms with Gasteiger partial charge >= 0.3 is 0 Å². The van der Waals surface area contributed by atoms with E-state index in [9.17, 15) is 0 Å². The monoisotopic (exact) mass is 266 g/mol. The first kappa shape index (κ1) is 14.5. The van der Waals surface area contributed by atoms with Gasteiger partial charge in [-0.05, 0) is 45.6 Å². The van der Waals surface area contributed by atoms with Gasteiger partial charge in [-0.2, -0.15) is 0 Å². The molecule has 0 aromatic carbocycles. The van der Waals surface area contributed by atoms with Crippen LogP contribution < -0.4 is 5.32 Å². The van der Waals surface area contributed by atoms with Crippen LogP contribution in [-0.2, 0) is 11.3 Å². The molecule has 5 nitrogen and oxygen atoms in total. The van der Waals surface area contributed by atoms with Crippen molar-refractivity contribution in [2.24, 2.45) is 0 Å². The van der Waals surface area contributed by atoms with Crippen molar-refractivity contribution >= 4 is 0 Å². The lowest BCUT2D eigenvalue weighted by atomic mass is 10.0. The molecule has 0 saturated carbocycles. The van der Waals surface area contributed by atoms with Crippen LogP contribution in [-0.4, -0.2) is 34.8 Å². The van der Waals surface area contributed by atoms with Crippen molar-refractivity contribution < 1.29 is 4.74 Å². The Morgan fingerprint density at radius 2 is 2.42 bits per heavy atom. The third-order valence-electron chi connectivity index (χ3n) is 3.84. The summed E-state index contributed by atoms with van der Waals surface area (Å²) >= 11 is 0. The maximum absolute atomic E-state index is 5.80. The van der Waals surface area contributed by atoms with Crippen molar-refractivity contribution in [1.29, 1.82) is 0 Å². The zero-order valence-corrected chi connectivity index (χ0v) is 12.1. The summed E-state index contributed by atoms with van der Waals surface area (Å²) in [7, 11) is 2.01. The van der Waals surface area contributed by atoms with E-state index in [0.29, 0.717) is 12.1 Å². The number of nitrogens with zero attached hydrogens (tertiary/aromatic N) is 3. The van der Waals surface area contributed by atoms with Crippen LogP contribution in [0.25, 0.3) is 0 Å². The van der Waals surface area contributed by atoms with Crippen LogP contribution >= 0.6 is 0 Å². The molecule has 2 rings (SSSR count). The molecule has 1 saturated heterocycles. The summed E-state index contributed by atoms with van der Waals surface area (Å²) in [5.74, 6) is 0. The van der Waals surface area contributed by atoms with E-state index in [4.69, 9.17) is 4.74 Å². The summed E-state index contributed by atoms with van der Waals surface area (Å²) < 4.78 is 7.82. The molecule has 1 fully saturated rings. The molecule has 1 N–H and O–H groups in total. The molecule has 2 unspecified atom stereocenters. The maximum Gasteiger partial charge on any atom is 0.0756 e. The highest BCUT2D eigenvalue weighted by Crippen LogP contribution is 2.23. The van der Waals surface area contributed by atoms with E-state index in [-0.39, 0.29) is 0 Å². The number of hydrogen-bond donors (Lipinski definition) is 1. The Balaban J connectivity index is 1.89. The van der Waals surface area contributed by atoms with E-state index in [2.05, 4.69) is 22.6 Å². The Kier molecular flexibility index (Phi) is 5.79. The van der Waals surface area contributed by atoms with Crippen molar-refractivity contribution in [3.05, 3.63) is 11.9 Å². The summed E-state index contributed by atoms with van der Waals surface area (Å²) in [6.07, 6.45) is 9.35. The number of aryl methyl sites for hydroxylation is 1. The van der Waals surface area contributed by atoms with E-state index in [1.165, 1.54) is 25.0 Å². The first-order valence-electron chi connectivity index (χ1n) is 7.52. The largest absolute Gasteiger partial charge is 0.378 e. The molecule has 0 amide bonds. The first-order valence-corrected chi connectivity index (χ1v) is 7.52. The third-order valence-corrected chi connectivity index (χ3v) is 3.84. The SMILES string of the molecule is CCCn1nncc1C(CCC1CCCCO1)NC. The van der Waals surface area contributed by atoms with Crippen molar-refractivity contribution in [3.63, 3.8) is 0 Å². The predicted molar refractivity (Wildman–Crippen MR) is 74.9 cm³/mol. The van der Waals surface area contributed by atoms with Gasteiger partial charge < -0.3 is 10.1 Å². The second kappa shape index (κ2) is 7.60. The molecule has 108 valence electrons. The van der Waals surface area contributed by atoms with Crippen LogP contribution in [0, 0.1) is 0 Å². The van der Waals surface area contributed by atoms with Crippen LogP contribution in [0.4, 0.5) is 0 Å². The zero-order chi connectivity index (χ0) is 13.5. The Morgan fingerprint density at radius 1 is 1.53 bits per heavy atom. The van der Waals surface area contributed by atoms with Crippen LogP contribution in [0.2, 0.25) is 0 Å². The van der Waals surface area contributed by atoms with Gasteiger partial charge in [0, 0.05) is 13.2 Å². The van der Waals surface area contributed by atoms with E-state index < -0.39 is 0 Å². The number of ether oxygens (including phenoxy) is 1. The van der Waals surface area contributed by atoms with Gasteiger partial charge in [0.05, 0.1) is 24.0 Å². The molecule has 1 aliphatic heterocycles. The van der Waals surface area contributed by atoms with Crippen molar-refractivity contribution in [2.75, 3.05) is 13.7 Å². The summed E-state index contributed by atoms with van der Waals surface area (Å²) in [6.45, 7) is 4.04. The molecular weight excluding hydrogens is 240 g/mol. The fourth-order valence-corrected chi connectivity index (χ4v) is 2.75. The smallest absolute Gasteiger partial charge is 0.0756 e. The Morgan fingerprint density at radius 3 is 3.11 bits per heavy atom. The predicted octanol–water partition coefficient (Wildman–Crippen LogP) is 2.30. The van der Waals surface area contributed by atoms with Crippen LogP contribution in [0.3, 0.4) is 0 Å². The standard InChI is InChI=1S/C14H26N4O/c1-3-9-18-14(11-16-17-18)13(15-2)8-7-12-6-4-5-10-19-12/h11-13,15H,3-10H2,1-2H3. The summed E-state index contributed by atoms with van der Waals surface area (Å²) in [5.41, 5.74) is 1.19. The maximum atomic E-state index is 5.80. The average molecular weight is 266 g/mol. The van der Waals surface area contributed by atoms with Gasteiger partial charge in [0.25, 0.3) is 0 Å². The number of aromatic nitrogens is 3. The van der Waals surface area contributed by atoms with Gasteiger partial charge in [-0.25, -0.2) is 4.68 Å². The number of rotatable bonds is 7. The Labute approximate surface area is 115 Å². The molecule has 0 aliphatic carbocycles. The van der Waals surface area contributed by atoms with E-state index >= 15 is 0 Å². The normalized spacial score (nSPS) is 21.5. The lowest BCUT2D eigenvalue weighted by Crippen LogP contribution is -2.24. The zero-order valence-electron chi connectivity index (χ0n) is 12.1. The Hall–Kier alpha value is -0.940. The molecule has 0 spiro atoms. The van der Waals surface area contributed by atoms with Crippen molar-refractivity contribution in [1.82, 2.24) is 20.3 Å². The van der Waals surface area contributed by atoms with Crippen LogP contribution in [0.15, 0.2) is 6.20 Å². The fraction of sp³-hybridized carbons (Fsp3) is 0.857. The second-order valence-electron chi connectivity index (χ2n) is 5.29. The van der Waals surface area contributed by atoms with E-state index in [1.807, 2.05) is 17.9 Å². The van der Waals surface area contributed by atoms with Crippen LogP contribution in [0.1, 0.15) is 57.2 Å². The minimum Gasteiger partial charge on any atom is -0.378 e. The molecular formula is C14H26N4O. The first-order chi connectivity index (χ1) is 9.35. The number of hydrogen-bond acceptors (Lipinski definition) is 4. The summed E-state index contributed by atoms with van der Waals surface area (Å²) in [6, 6.07) is 0.326. The van der Waals surface area contributed by atoms with Crippen molar-refractivity contribution in [3.8, 4) is 0 Å². The third kappa shape index (κ3) is 4.01. The van der Waals surface area contributed by atoms with E-state index in [1.54, 1.807) is 0 Å². The highest BCUT2D eigenvalue weighted by Gasteiger charge is 2.19. The minimum atomic E-state index is 0.326. The molecule has 0 bridgehead atoms. The highest BCUT2D eigenvalue weighted by molar-refractivity contribution is 5.02. The molecule has 19 heavy (non-hydrogen) atoms. The van der Waals surface area contributed by atoms with Crippen LogP contribution in [0.5, 0.6) is 0 Å². The van der Waals surface area contributed by atoms with Gasteiger partial charge in [-0.1, -0.05) is 12.1 Å². The molecule has 1 aliphatic rings. The molecule has 2 atom stereocenters. The van der Waals surface area contributed by atoms with Gasteiger partial charge in [0.1, 0.15) is 0 Å². The molecule has 2 heterocycles. The second-order valence-corrected chi connectivity index (χ2v) is 5.29. The van der Waals surface area contributed by atoms with E-state index in [0.717, 1.165) is 32.4 Å². The molecule has 5 heteroatoms. The summed E-state index contributed by atoms with van der Waals surface area (Å²) in [5, 5.41) is 11.6. The highest BCUT2D eigenvalue weighted by atomic mass is 16.5. The van der Waals surface area contributed by atoms with Gasteiger partial charge in [-0.15, -0.1) is 5.10 Å². The molecule has 1 aromatic heterocycles.